The van der Waals surface area contributed by atoms with Gasteiger partial charge in [-0.15, -0.1) is 0 Å². The van der Waals surface area contributed by atoms with E-state index in [1.807, 2.05) is 6.92 Å². The monoisotopic (exact) mass is 384 g/mol. The Morgan fingerprint density at radius 3 is 2.62 bits per heavy atom. The van der Waals surface area contributed by atoms with Gasteiger partial charge in [-0.2, -0.15) is 4.31 Å². The summed E-state index contributed by atoms with van der Waals surface area (Å²) in [5, 5.41) is 8.89. The Hall–Kier alpha value is -2.13. The number of nitrogens with zero attached hydrogens (tertiary/aromatic N) is 2. The number of sulfonamides is 1. The molecule has 1 aliphatic heterocycles. The first-order chi connectivity index (χ1) is 12.3. The smallest absolute Gasteiger partial charge is 0.304 e. The summed E-state index contributed by atoms with van der Waals surface area (Å²) in [7, 11) is -2.59. The first-order valence-corrected chi connectivity index (χ1v) is 9.95. The van der Waals surface area contributed by atoms with Crippen LogP contribution in [0.4, 0.5) is 5.69 Å². The molecule has 1 heterocycles. The van der Waals surface area contributed by atoms with Gasteiger partial charge in [-0.3, -0.25) is 9.59 Å². The van der Waals surface area contributed by atoms with E-state index >= 15 is 0 Å². The molecule has 8 nitrogen and oxygen atoms in total. The Balaban J connectivity index is 2.44. The fourth-order valence-electron chi connectivity index (χ4n) is 2.92. The van der Waals surface area contributed by atoms with E-state index in [9.17, 15) is 18.0 Å². The normalized spacial score (nSPS) is 14.9. The van der Waals surface area contributed by atoms with Crippen LogP contribution in [-0.4, -0.2) is 56.5 Å². The van der Waals surface area contributed by atoms with E-state index in [0.717, 1.165) is 10.7 Å². The molecule has 0 atom stereocenters. The number of carboxylic acid groups (broad SMARTS) is 1. The average molecular weight is 384 g/mol. The second-order valence-electron chi connectivity index (χ2n) is 6.03. The van der Waals surface area contributed by atoms with Crippen molar-refractivity contribution in [2.45, 2.75) is 37.5 Å². The predicted molar refractivity (Wildman–Crippen MR) is 95.9 cm³/mol. The van der Waals surface area contributed by atoms with Gasteiger partial charge in [0.2, 0.25) is 15.9 Å². The summed E-state index contributed by atoms with van der Waals surface area (Å²) in [6.45, 7) is 2.44. The number of anilines is 1. The molecule has 26 heavy (non-hydrogen) atoms. The Morgan fingerprint density at radius 2 is 2.08 bits per heavy atom. The van der Waals surface area contributed by atoms with E-state index in [2.05, 4.69) is 0 Å². The highest BCUT2D eigenvalue weighted by Crippen LogP contribution is 2.32. The molecule has 9 heteroatoms. The first kappa shape index (κ1) is 20.2. The van der Waals surface area contributed by atoms with Gasteiger partial charge >= 0.3 is 5.97 Å². The van der Waals surface area contributed by atoms with Crippen LogP contribution in [0, 0.1) is 0 Å². The number of carboxylic acids is 1. The lowest BCUT2D eigenvalue weighted by Crippen LogP contribution is -2.34. The summed E-state index contributed by atoms with van der Waals surface area (Å²) in [5.74, 6) is -0.948. The van der Waals surface area contributed by atoms with Crippen LogP contribution in [0.25, 0.3) is 0 Å². The molecule has 0 spiro atoms. The number of hydrogen-bond acceptors (Lipinski definition) is 5. The highest BCUT2D eigenvalue weighted by molar-refractivity contribution is 7.89. The maximum absolute atomic E-state index is 13.1. The van der Waals surface area contributed by atoms with Crippen LogP contribution >= 0.6 is 0 Å². The molecule has 1 aromatic carbocycles. The minimum Gasteiger partial charge on any atom is -0.495 e. The molecule has 0 aliphatic carbocycles. The molecule has 0 radical (unpaired) electrons. The minimum absolute atomic E-state index is 0.0465. The highest BCUT2D eigenvalue weighted by atomic mass is 32.2. The van der Waals surface area contributed by atoms with Crippen LogP contribution in [-0.2, 0) is 19.6 Å². The van der Waals surface area contributed by atoms with Gasteiger partial charge in [0.05, 0.1) is 13.5 Å². The number of methoxy groups -OCH3 is 1. The Labute approximate surface area is 153 Å². The van der Waals surface area contributed by atoms with Crippen molar-refractivity contribution in [2.75, 3.05) is 31.6 Å². The Bertz CT molecular complexity index is 777. The average Bonchev–Trinajstić information content (AvgIpc) is 3.03. The highest BCUT2D eigenvalue weighted by Gasteiger charge is 2.30. The van der Waals surface area contributed by atoms with Crippen molar-refractivity contribution in [1.82, 2.24) is 4.31 Å². The second-order valence-corrected chi connectivity index (χ2v) is 7.94. The molecule has 0 aromatic heterocycles. The number of hydrogen-bond donors (Lipinski definition) is 1. The summed E-state index contributed by atoms with van der Waals surface area (Å²) >= 11 is 0. The summed E-state index contributed by atoms with van der Waals surface area (Å²) in [6, 6.07) is 4.61. The lowest BCUT2D eigenvalue weighted by atomic mass is 10.3. The maximum Gasteiger partial charge on any atom is 0.304 e. The largest absolute Gasteiger partial charge is 0.495 e. The number of ether oxygens (including phenoxy) is 1. The molecule has 144 valence electrons. The molecule has 1 aromatic rings. The fraction of sp³-hybridized carbons (Fsp3) is 0.529. The topological polar surface area (TPSA) is 104 Å². The zero-order valence-electron chi connectivity index (χ0n) is 15.0. The van der Waals surface area contributed by atoms with E-state index in [1.165, 1.54) is 19.2 Å². The minimum atomic E-state index is -3.96. The summed E-state index contributed by atoms with van der Waals surface area (Å²) in [4.78, 5) is 24.3. The van der Waals surface area contributed by atoms with Crippen LogP contribution in [0.5, 0.6) is 5.75 Å². The number of carbonyl (C=O) groups excluding carboxylic acids is 1. The van der Waals surface area contributed by atoms with Crippen LogP contribution in [0.2, 0.25) is 0 Å². The molecule has 1 N–H and O–H groups in total. The molecular weight excluding hydrogens is 360 g/mol. The van der Waals surface area contributed by atoms with Crippen LogP contribution in [0.15, 0.2) is 23.1 Å². The quantitative estimate of drug-likeness (QED) is 0.695. The molecule has 0 bridgehead atoms. The lowest BCUT2D eigenvalue weighted by molar-refractivity contribution is -0.137. The van der Waals surface area contributed by atoms with Crippen LogP contribution in [0.1, 0.15) is 32.6 Å². The van der Waals surface area contributed by atoms with Gasteiger partial charge in [-0.05, 0) is 31.0 Å². The molecule has 1 fully saturated rings. The number of carbonyl (C=O) groups is 2. The van der Waals surface area contributed by atoms with Crippen molar-refractivity contribution in [2.24, 2.45) is 0 Å². The summed E-state index contributed by atoms with van der Waals surface area (Å²) in [5.41, 5.74) is 0.501. The van der Waals surface area contributed by atoms with Crippen molar-refractivity contribution >= 4 is 27.6 Å². The number of benzene rings is 1. The summed E-state index contributed by atoms with van der Waals surface area (Å²) in [6.07, 6.45) is 1.43. The van der Waals surface area contributed by atoms with Gasteiger partial charge in [0, 0.05) is 31.7 Å². The zero-order chi connectivity index (χ0) is 19.3. The third kappa shape index (κ3) is 4.34. The molecule has 0 unspecified atom stereocenters. The van der Waals surface area contributed by atoms with E-state index in [1.54, 1.807) is 11.0 Å². The van der Waals surface area contributed by atoms with Crippen molar-refractivity contribution in [3.05, 3.63) is 18.2 Å². The van der Waals surface area contributed by atoms with Crippen LogP contribution < -0.4 is 9.64 Å². The van der Waals surface area contributed by atoms with E-state index in [4.69, 9.17) is 9.84 Å². The molecule has 1 saturated heterocycles. The third-order valence-corrected chi connectivity index (χ3v) is 6.12. The van der Waals surface area contributed by atoms with Gasteiger partial charge in [0.15, 0.2) is 0 Å². The second kappa shape index (κ2) is 8.50. The van der Waals surface area contributed by atoms with Gasteiger partial charge in [0.1, 0.15) is 10.6 Å². The molecule has 1 amide bonds. The van der Waals surface area contributed by atoms with E-state index in [-0.39, 0.29) is 36.1 Å². The number of rotatable bonds is 9. The van der Waals surface area contributed by atoms with Gasteiger partial charge in [0.25, 0.3) is 0 Å². The zero-order valence-corrected chi connectivity index (χ0v) is 15.8. The number of aliphatic carboxylic acids is 1. The maximum atomic E-state index is 13.1. The van der Waals surface area contributed by atoms with E-state index < -0.39 is 16.0 Å². The van der Waals surface area contributed by atoms with Crippen LogP contribution in [0.3, 0.4) is 0 Å². The van der Waals surface area contributed by atoms with Crippen molar-refractivity contribution < 1.29 is 27.9 Å². The van der Waals surface area contributed by atoms with Gasteiger partial charge in [-0.1, -0.05) is 6.92 Å². The Kier molecular flexibility index (Phi) is 6.60. The van der Waals surface area contributed by atoms with Crippen molar-refractivity contribution in [1.29, 1.82) is 0 Å². The predicted octanol–water partition coefficient (Wildman–Crippen LogP) is 1.70. The first-order valence-electron chi connectivity index (χ1n) is 8.51. The lowest BCUT2D eigenvalue weighted by Gasteiger charge is -2.24. The van der Waals surface area contributed by atoms with E-state index in [0.29, 0.717) is 25.1 Å². The number of amides is 1. The molecule has 0 saturated carbocycles. The van der Waals surface area contributed by atoms with Gasteiger partial charge in [-0.25, -0.2) is 8.42 Å². The summed E-state index contributed by atoms with van der Waals surface area (Å²) < 4.78 is 32.6. The third-order valence-electron chi connectivity index (χ3n) is 4.20. The van der Waals surface area contributed by atoms with Gasteiger partial charge < -0.3 is 14.7 Å². The van der Waals surface area contributed by atoms with Crippen molar-refractivity contribution in [3.8, 4) is 5.75 Å². The van der Waals surface area contributed by atoms with Crippen molar-refractivity contribution in [3.63, 3.8) is 0 Å². The molecule has 1 aliphatic rings. The standard InChI is InChI=1S/C17H24N2O6S/c1-3-9-18(11-8-17(21)22)26(23,24)15-12-13(6-7-14(15)25-2)19-10-4-5-16(19)20/h6-7,12H,3-5,8-11H2,1-2H3,(H,21,22). The fourth-order valence-corrected chi connectivity index (χ4v) is 4.63. The Morgan fingerprint density at radius 1 is 1.35 bits per heavy atom. The molecule has 2 rings (SSSR count). The molecular formula is C17H24N2O6S. The SMILES string of the molecule is CCCN(CCC(=O)O)S(=O)(=O)c1cc(N2CCCC2=O)ccc1OC.